The first-order valence-corrected chi connectivity index (χ1v) is 30.4. The average Bonchev–Trinajstić information content (AvgIpc) is 3.39. The van der Waals surface area contributed by atoms with E-state index in [0.29, 0.717) is 6.42 Å². The van der Waals surface area contributed by atoms with Crippen molar-refractivity contribution in [1.29, 1.82) is 0 Å². The standard InChI is InChI=1S/C59H113NO13/c1-3-5-7-9-11-13-15-17-18-19-20-21-22-23-24-25-26-27-28-29-30-31-33-35-37-39-41-43-51(64)60-47(48(63)42-40-38-36-34-32-16-14-12-10-8-6-4-2)46-70-58-56(69)54(67)57(50(45-62)72-58)73-59-55(68)53(66)52(65)49(44-61)71-59/h40,42,47-50,52-59,61-63,65-69H,3-39,41,43-46H2,1-2H3,(H,60,64)/b42-40+/t47-,48+,49+,50+,52-,53?,54?,55?,56?,57+,58+,59-/m0/s1. The van der Waals surface area contributed by atoms with Gasteiger partial charge < -0.3 is 65.1 Å². The lowest BCUT2D eigenvalue weighted by Gasteiger charge is -2.46. The Kier molecular flexibility index (Phi) is 42.5. The van der Waals surface area contributed by atoms with Gasteiger partial charge in [-0.15, -0.1) is 0 Å². The first kappa shape index (κ1) is 67.8. The number of aliphatic hydroxyl groups is 8. The van der Waals surface area contributed by atoms with Crippen molar-refractivity contribution in [1.82, 2.24) is 5.32 Å². The van der Waals surface area contributed by atoms with Gasteiger partial charge in [0, 0.05) is 6.42 Å². The van der Waals surface area contributed by atoms with Crippen molar-refractivity contribution >= 4 is 5.91 Å². The highest BCUT2D eigenvalue weighted by atomic mass is 16.7. The molecule has 2 heterocycles. The van der Waals surface area contributed by atoms with Crippen LogP contribution in [0.1, 0.15) is 264 Å². The first-order valence-electron chi connectivity index (χ1n) is 30.4. The van der Waals surface area contributed by atoms with E-state index in [1.54, 1.807) is 6.08 Å². The summed E-state index contributed by atoms with van der Waals surface area (Å²) in [6.45, 7) is 2.81. The number of amides is 1. The van der Waals surface area contributed by atoms with E-state index in [9.17, 15) is 45.6 Å². The smallest absolute Gasteiger partial charge is 0.220 e. The van der Waals surface area contributed by atoms with E-state index in [2.05, 4.69) is 19.2 Å². The fraction of sp³-hybridized carbons (Fsp3) is 0.949. The van der Waals surface area contributed by atoms with E-state index < -0.39 is 86.8 Å². The number of carbonyl (C=O) groups excluding carboxylic acids is 1. The average molecular weight is 1040 g/mol. The molecule has 2 fully saturated rings. The van der Waals surface area contributed by atoms with Crippen molar-refractivity contribution in [3.8, 4) is 0 Å². The van der Waals surface area contributed by atoms with Gasteiger partial charge in [-0.1, -0.05) is 251 Å². The molecule has 0 radical (unpaired) electrons. The molecule has 0 aromatic heterocycles. The summed E-state index contributed by atoms with van der Waals surface area (Å²) < 4.78 is 22.7. The van der Waals surface area contributed by atoms with Crippen molar-refractivity contribution in [2.24, 2.45) is 0 Å². The highest BCUT2D eigenvalue weighted by Crippen LogP contribution is 2.30. The number of hydrogen-bond donors (Lipinski definition) is 9. The van der Waals surface area contributed by atoms with Crippen molar-refractivity contribution in [3.63, 3.8) is 0 Å². The third kappa shape index (κ3) is 31.7. The summed E-state index contributed by atoms with van der Waals surface area (Å²) in [5, 5.41) is 87.0. The Morgan fingerprint density at radius 2 is 0.849 bits per heavy atom. The van der Waals surface area contributed by atoms with Gasteiger partial charge in [-0.25, -0.2) is 0 Å². The number of nitrogens with one attached hydrogen (secondary N) is 1. The van der Waals surface area contributed by atoms with E-state index >= 15 is 0 Å². The SMILES string of the molecule is CCCCCCCCCCCC/C=C/[C@@H](O)[C@H](CO[C@@H]1O[C@H](CO)[C@@H](O[C@@H]2O[C@H](CO)[C@H](O)C(O)C2O)C(O)C1O)NC(=O)CCCCCCCCCCCCCCCCCCCCCCCCCCCCC. The van der Waals surface area contributed by atoms with Gasteiger partial charge in [0.15, 0.2) is 12.6 Å². The fourth-order valence-electron chi connectivity index (χ4n) is 10.3. The summed E-state index contributed by atoms with van der Waals surface area (Å²) in [6, 6.07) is -0.908. The summed E-state index contributed by atoms with van der Waals surface area (Å²) in [5.74, 6) is -0.235. The Morgan fingerprint density at radius 1 is 0.479 bits per heavy atom. The van der Waals surface area contributed by atoms with Crippen LogP contribution in [0.25, 0.3) is 0 Å². The van der Waals surface area contributed by atoms with Crippen molar-refractivity contribution in [3.05, 3.63) is 12.2 Å². The van der Waals surface area contributed by atoms with Crippen LogP contribution in [0.4, 0.5) is 0 Å². The Hall–Kier alpha value is -1.27. The van der Waals surface area contributed by atoms with Crippen LogP contribution in [0.2, 0.25) is 0 Å². The number of carbonyl (C=O) groups is 1. The highest BCUT2D eigenvalue weighted by Gasteiger charge is 2.51. The third-order valence-electron chi connectivity index (χ3n) is 15.2. The van der Waals surface area contributed by atoms with E-state index in [4.69, 9.17) is 18.9 Å². The molecule has 0 aromatic carbocycles. The summed E-state index contributed by atoms with van der Waals surface area (Å²) in [5.41, 5.74) is 0. The molecule has 2 aliphatic heterocycles. The lowest BCUT2D eigenvalue weighted by atomic mass is 9.97. The molecule has 0 aromatic rings. The van der Waals surface area contributed by atoms with Crippen LogP contribution in [0.15, 0.2) is 12.2 Å². The zero-order chi connectivity index (χ0) is 53.2. The normalized spacial score (nSPS) is 25.4. The lowest BCUT2D eigenvalue weighted by Crippen LogP contribution is -2.65. The summed E-state index contributed by atoms with van der Waals surface area (Å²) in [4.78, 5) is 13.2. The number of hydrogen-bond acceptors (Lipinski definition) is 13. The fourth-order valence-corrected chi connectivity index (χ4v) is 10.3. The second-order valence-electron chi connectivity index (χ2n) is 21.8. The number of allylic oxidation sites excluding steroid dienone is 1. The summed E-state index contributed by atoms with van der Waals surface area (Å²) in [6.07, 6.45) is 35.6. The zero-order valence-corrected chi connectivity index (χ0v) is 46.4. The molecular weight excluding hydrogens is 931 g/mol. The van der Waals surface area contributed by atoms with Gasteiger partial charge in [-0.05, 0) is 19.3 Å². The maximum atomic E-state index is 13.2. The molecule has 2 saturated heterocycles. The van der Waals surface area contributed by atoms with Crippen molar-refractivity contribution < 1.29 is 64.6 Å². The minimum Gasteiger partial charge on any atom is -0.394 e. The van der Waals surface area contributed by atoms with Crippen LogP contribution in [0, 0.1) is 0 Å². The molecule has 2 rings (SSSR count). The molecule has 14 nitrogen and oxygen atoms in total. The Balaban J connectivity index is 1.68. The van der Waals surface area contributed by atoms with Crippen LogP contribution in [-0.2, 0) is 23.7 Å². The van der Waals surface area contributed by atoms with Gasteiger partial charge in [-0.2, -0.15) is 0 Å². The minimum atomic E-state index is -1.78. The molecule has 2 aliphatic rings. The van der Waals surface area contributed by atoms with Crippen LogP contribution in [0.5, 0.6) is 0 Å². The summed E-state index contributed by atoms with van der Waals surface area (Å²) in [7, 11) is 0. The molecule has 0 bridgehead atoms. The molecule has 12 atom stereocenters. The number of ether oxygens (including phenoxy) is 4. The largest absolute Gasteiger partial charge is 0.394 e. The maximum Gasteiger partial charge on any atom is 0.220 e. The molecule has 0 saturated carbocycles. The predicted molar refractivity (Wildman–Crippen MR) is 291 cm³/mol. The Morgan fingerprint density at radius 3 is 1.26 bits per heavy atom. The predicted octanol–water partition coefficient (Wildman–Crippen LogP) is 10.3. The second-order valence-corrected chi connectivity index (χ2v) is 21.8. The topological polar surface area (TPSA) is 228 Å². The van der Waals surface area contributed by atoms with E-state index in [1.165, 1.54) is 199 Å². The van der Waals surface area contributed by atoms with Gasteiger partial charge in [0.05, 0.1) is 32.0 Å². The monoisotopic (exact) mass is 1040 g/mol. The van der Waals surface area contributed by atoms with Crippen LogP contribution < -0.4 is 5.32 Å². The highest BCUT2D eigenvalue weighted by molar-refractivity contribution is 5.76. The second kappa shape index (κ2) is 45.7. The molecule has 14 heteroatoms. The maximum absolute atomic E-state index is 13.2. The molecule has 9 N–H and O–H groups in total. The van der Waals surface area contributed by atoms with E-state index in [-0.39, 0.29) is 18.9 Å². The zero-order valence-electron chi connectivity index (χ0n) is 46.4. The lowest BCUT2D eigenvalue weighted by molar-refractivity contribution is -0.359. The third-order valence-corrected chi connectivity index (χ3v) is 15.2. The molecule has 432 valence electrons. The first-order chi connectivity index (χ1) is 35.6. The van der Waals surface area contributed by atoms with Gasteiger partial charge in [-0.3, -0.25) is 4.79 Å². The number of rotatable bonds is 49. The van der Waals surface area contributed by atoms with Gasteiger partial charge in [0.1, 0.15) is 48.8 Å². The summed E-state index contributed by atoms with van der Waals surface area (Å²) >= 11 is 0. The molecule has 4 unspecified atom stereocenters. The molecular formula is C59H113NO13. The van der Waals surface area contributed by atoms with Crippen molar-refractivity contribution in [2.75, 3.05) is 19.8 Å². The van der Waals surface area contributed by atoms with Crippen LogP contribution in [-0.4, -0.2) is 140 Å². The molecule has 0 aliphatic carbocycles. The van der Waals surface area contributed by atoms with Crippen LogP contribution >= 0.6 is 0 Å². The van der Waals surface area contributed by atoms with Gasteiger partial charge in [0.25, 0.3) is 0 Å². The number of aliphatic hydroxyl groups excluding tert-OH is 8. The quantitative estimate of drug-likeness (QED) is 0.0204. The number of unbranched alkanes of at least 4 members (excludes halogenated alkanes) is 36. The molecule has 0 spiro atoms. The van der Waals surface area contributed by atoms with Crippen molar-refractivity contribution in [2.45, 2.75) is 338 Å². The molecule has 73 heavy (non-hydrogen) atoms. The van der Waals surface area contributed by atoms with Gasteiger partial charge in [0.2, 0.25) is 5.91 Å². The molecule has 1 amide bonds. The Labute approximate surface area is 444 Å². The van der Waals surface area contributed by atoms with E-state index in [0.717, 1.165) is 38.5 Å². The minimum absolute atomic E-state index is 0.235. The Bertz CT molecular complexity index is 1280. The van der Waals surface area contributed by atoms with Crippen LogP contribution in [0.3, 0.4) is 0 Å². The van der Waals surface area contributed by atoms with E-state index in [1.807, 2.05) is 6.08 Å². The van der Waals surface area contributed by atoms with Gasteiger partial charge >= 0.3 is 0 Å².